The van der Waals surface area contributed by atoms with E-state index in [9.17, 15) is 9.90 Å². The molecule has 0 aliphatic carbocycles. The Morgan fingerprint density at radius 1 is 1.09 bits per heavy atom. The van der Waals surface area contributed by atoms with E-state index in [0.29, 0.717) is 11.5 Å². The number of rotatable bonds is 6. The first-order valence-electron chi connectivity index (χ1n) is 11.3. The van der Waals surface area contributed by atoms with Gasteiger partial charge in [-0.05, 0) is 67.6 Å². The van der Waals surface area contributed by atoms with E-state index in [-0.39, 0.29) is 12.1 Å². The fourth-order valence-electron chi connectivity index (χ4n) is 4.50. The summed E-state index contributed by atoms with van der Waals surface area (Å²) in [6, 6.07) is 10.2. The summed E-state index contributed by atoms with van der Waals surface area (Å²) >= 11 is 0. The molecule has 1 unspecified atom stereocenters. The number of aryl methyl sites for hydroxylation is 4. The van der Waals surface area contributed by atoms with Gasteiger partial charge in [-0.15, -0.1) is 0 Å². The van der Waals surface area contributed by atoms with Gasteiger partial charge in [0.25, 0.3) is 5.56 Å². The molecule has 33 heavy (non-hydrogen) atoms. The van der Waals surface area contributed by atoms with E-state index < -0.39 is 6.23 Å². The number of fused-ring (bicyclic) bond motifs is 1. The number of pyridine rings is 2. The molecule has 0 fully saturated rings. The van der Waals surface area contributed by atoms with Gasteiger partial charge in [0, 0.05) is 59.5 Å². The number of benzene rings is 1. The molecule has 0 amide bonds. The minimum absolute atomic E-state index is 0.127. The van der Waals surface area contributed by atoms with Crippen molar-refractivity contribution in [2.75, 3.05) is 0 Å². The first-order chi connectivity index (χ1) is 15.7. The first kappa shape index (κ1) is 23.0. The van der Waals surface area contributed by atoms with E-state index in [1.807, 2.05) is 52.2 Å². The van der Waals surface area contributed by atoms with Crippen molar-refractivity contribution in [1.82, 2.24) is 19.9 Å². The number of H-pyrrole nitrogens is 1. The van der Waals surface area contributed by atoms with Crippen molar-refractivity contribution in [1.29, 1.82) is 0 Å². The van der Waals surface area contributed by atoms with Gasteiger partial charge in [-0.25, -0.2) is 0 Å². The molecule has 4 rings (SSSR count). The van der Waals surface area contributed by atoms with Crippen LogP contribution in [0.4, 0.5) is 0 Å². The summed E-state index contributed by atoms with van der Waals surface area (Å²) in [6.45, 7) is 10.4. The van der Waals surface area contributed by atoms with Crippen molar-refractivity contribution >= 4 is 10.9 Å². The zero-order valence-electron chi connectivity index (χ0n) is 20.2. The summed E-state index contributed by atoms with van der Waals surface area (Å²) in [5.74, 6) is 0.340. The molecule has 6 heteroatoms. The van der Waals surface area contributed by atoms with Gasteiger partial charge in [0.15, 0.2) is 0 Å². The summed E-state index contributed by atoms with van der Waals surface area (Å²) in [5.41, 5.74) is 8.19. The van der Waals surface area contributed by atoms with Crippen molar-refractivity contribution < 1.29 is 5.11 Å². The number of nitrogens with one attached hydrogen (secondary N) is 2. The maximum atomic E-state index is 12.4. The fraction of sp³-hybridized carbons (Fsp3) is 0.333. The molecule has 3 aromatic heterocycles. The highest BCUT2D eigenvalue weighted by Gasteiger charge is 2.20. The smallest absolute Gasteiger partial charge is 0.252 e. The Labute approximate surface area is 194 Å². The largest absolute Gasteiger partial charge is 0.374 e. The number of hydrogen-bond acceptors (Lipinski definition) is 4. The van der Waals surface area contributed by atoms with Crippen molar-refractivity contribution in [3.05, 3.63) is 86.7 Å². The summed E-state index contributed by atoms with van der Waals surface area (Å²) in [6.07, 6.45) is 3.06. The van der Waals surface area contributed by atoms with Gasteiger partial charge in [-0.1, -0.05) is 19.9 Å². The molecule has 0 spiro atoms. The standard InChI is InChI=1S/C27H32N4O2/c1-15(2)24-14-31(6)25-21(24)10-20(19-8-7-17(4)28-12-19)11-22(25)26(32)29-13-23-16(3)9-18(5)30-27(23)33/h7-12,14-15,26,29,32H,13H2,1-6H3,(H,30,33). The molecule has 6 nitrogen and oxygen atoms in total. The Morgan fingerprint density at radius 2 is 1.85 bits per heavy atom. The molecule has 1 atom stereocenters. The number of nitrogens with zero attached hydrogens (tertiary/aromatic N) is 2. The predicted molar refractivity (Wildman–Crippen MR) is 133 cm³/mol. The van der Waals surface area contributed by atoms with Crippen molar-refractivity contribution in [2.45, 2.75) is 53.3 Å². The molecule has 0 aliphatic rings. The highest BCUT2D eigenvalue weighted by atomic mass is 16.3. The molecule has 0 bridgehead atoms. The molecule has 172 valence electrons. The normalized spacial score (nSPS) is 12.6. The second-order valence-electron chi connectivity index (χ2n) is 9.23. The van der Waals surface area contributed by atoms with Crippen LogP contribution in [0.3, 0.4) is 0 Å². The molecule has 0 aliphatic heterocycles. The summed E-state index contributed by atoms with van der Waals surface area (Å²) in [4.78, 5) is 19.7. The van der Waals surface area contributed by atoms with E-state index in [4.69, 9.17) is 0 Å². The third-order valence-electron chi connectivity index (χ3n) is 6.26. The third kappa shape index (κ3) is 4.49. The molecular weight excluding hydrogens is 412 g/mol. The Balaban J connectivity index is 1.79. The zero-order chi connectivity index (χ0) is 23.9. The lowest BCUT2D eigenvalue weighted by Crippen LogP contribution is -2.26. The van der Waals surface area contributed by atoms with Crippen LogP contribution in [0.15, 0.2) is 47.5 Å². The lowest BCUT2D eigenvalue weighted by molar-refractivity contribution is 0.138. The quantitative estimate of drug-likeness (QED) is 0.375. The second-order valence-corrected chi connectivity index (χ2v) is 9.23. The van der Waals surface area contributed by atoms with Crippen LogP contribution < -0.4 is 10.9 Å². The Kier molecular flexibility index (Phi) is 6.23. The van der Waals surface area contributed by atoms with Gasteiger partial charge in [-0.2, -0.15) is 0 Å². The molecule has 4 aromatic rings. The highest BCUT2D eigenvalue weighted by Crippen LogP contribution is 2.35. The van der Waals surface area contributed by atoms with E-state index in [2.05, 4.69) is 52.0 Å². The minimum Gasteiger partial charge on any atom is -0.374 e. The average Bonchev–Trinajstić information content (AvgIpc) is 3.09. The minimum atomic E-state index is -0.945. The van der Waals surface area contributed by atoms with Crippen molar-refractivity contribution in [2.24, 2.45) is 7.05 Å². The Morgan fingerprint density at radius 3 is 2.48 bits per heavy atom. The van der Waals surface area contributed by atoms with Crippen LogP contribution >= 0.6 is 0 Å². The predicted octanol–water partition coefficient (Wildman–Crippen LogP) is 4.76. The SMILES string of the molecule is Cc1ccc(-c2cc(C(O)NCc3c(C)cc(C)[nH]c3=O)c3c(c2)c(C(C)C)cn3C)cn1. The maximum Gasteiger partial charge on any atom is 0.252 e. The molecule has 0 radical (unpaired) electrons. The van der Waals surface area contributed by atoms with Crippen molar-refractivity contribution in [3.8, 4) is 11.1 Å². The van der Waals surface area contributed by atoms with Gasteiger partial charge >= 0.3 is 0 Å². The highest BCUT2D eigenvalue weighted by molar-refractivity contribution is 5.92. The van der Waals surface area contributed by atoms with Gasteiger partial charge in [0.05, 0.1) is 5.52 Å². The number of hydrogen-bond donors (Lipinski definition) is 3. The van der Waals surface area contributed by atoms with E-state index in [1.54, 1.807) is 0 Å². The van der Waals surface area contributed by atoms with Gasteiger partial charge in [0.2, 0.25) is 0 Å². The average molecular weight is 445 g/mol. The second kappa shape index (κ2) is 8.96. The lowest BCUT2D eigenvalue weighted by Gasteiger charge is -2.18. The topological polar surface area (TPSA) is 82.9 Å². The number of aliphatic hydroxyl groups is 1. The van der Waals surface area contributed by atoms with Crippen molar-refractivity contribution in [3.63, 3.8) is 0 Å². The van der Waals surface area contributed by atoms with Gasteiger partial charge in [-0.3, -0.25) is 15.1 Å². The number of aromatic nitrogens is 3. The number of aliphatic hydroxyl groups excluding tert-OH is 1. The monoisotopic (exact) mass is 444 g/mol. The maximum absolute atomic E-state index is 12.4. The van der Waals surface area contributed by atoms with E-state index in [0.717, 1.165) is 44.5 Å². The van der Waals surface area contributed by atoms with Crippen LogP contribution in [0.5, 0.6) is 0 Å². The van der Waals surface area contributed by atoms with Crippen LogP contribution in [-0.4, -0.2) is 19.6 Å². The van der Waals surface area contributed by atoms with Crippen LogP contribution in [-0.2, 0) is 13.6 Å². The Hall–Kier alpha value is -3.22. The van der Waals surface area contributed by atoms with Gasteiger partial charge < -0.3 is 14.7 Å². The molecule has 0 saturated heterocycles. The van der Waals surface area contributed by atoms with Crippen LogP contribution in [0, 0.1) is 20.8 Å². The van der Waals surface area contributed by atoms with E-state index in [1.165, 1.54) is 5.56 Å². The number of aromatic amines is 1. The lowest BCUT2D eigenvalue weighted by atomic mass is 9.95. The molecule has 1 aromatic carbocycles. The van der Waals surface area contributed by atoms with E-state index >= 15 is 0 Å². The summed E-state index contributed by atoms with van der Waals surface area (Å²) in [7, 11) is 2.01. The molecular formula is C27H32N4O2. The third-order valence-corrected chi connectivity index (χ3v) is 6.26. The molecule has 3 N–H and O–H groups in total. The Bertz CT molecular complexity index is 1360. The van der Waals surface area contributed by atoms with Crippen LogP contribution in [0.2, 0.25) is 0 Å². The summed E-state index contributed by atoms with van der Waals surface area (Å²) < 4.78 is 2.08. The van der Waals surface area contributed by atoms with Gasteiger partial charge in [0.1, 0.15) is 6.23 Å². The summed E-state index contributed by atoms with van der Waals surface area (Å²) in [5, 5.41) is 15.5. The molecule has 3 heterocycles. The fourth-order valence-corrected chi connectivity index (χ4v) is 4.50. The van der Waals surface area contributed by atoms with Crippen LogP contribution in [0.1, 0.15) is 59.6 Å². The molecule has 0 saturated carbocycles. The van der Waals surface area contributed by atoms with Crippen LogP contribution in [0.25, 0.3) is 22.0 Å². The first-order valence-corrected chi connectivity index (χ1v) is 11.3. The zero-order valence-corrected chi connectivity index (χ0v) is 20.2.